The summed E-state index contributed by atoms with van der Waals surface area (Å²) >= 11 is 0. The number of nitrogens with two attached hydrogens (primary N) is 1. The molecule has 0 radical (unpaired) electrons. The monoisotopic (exact) mass is 282 g/mol. The maximum atomic E-state index is 11.8. The van der Waals surface area contributed by atoms with Gasteiger partial charge >= 0.3 is 6.09 Å². The molecule has 1 aliphatic heterocycles. The van der Waals surface area contributed by atoms with Gasteiger partial charge in [-0.05, 0) is 26.8 Å². The highest BCUT2D eigenvalue weighted by Gasteiger charge is 2.50. The minimum atomic E-state index is -1.15. The Morgan fingerprint density at radius 2 is 2.15 bits per heavy atom. The van der Waals surface area contributed by atoms with Crippen LogP contribution in [0.15, 0.2) is 12.3 Å². The normalized spacial score (nSPS) is 19.4. The van der Waals surface area contributed by atoms with Crippen molar-refractivity contribution in [2.24, 2.45) is 12.8 Å². The molecule has 0 bridgehead atoms. The SMILES string of the molecule is Cn1ccc(C(N)C2(O)CN(C(=O)OC(C)(C)C)C2)n1. The number of ether oxygens (including phenoxy) is 1. The summed E-state index contributed by atoms with van der Waals surface area (Å²) in [6.07, 6.45) is 1.33. The summed E-state index contributed by atoms with van der Waals surface area (Å²) in [6, 6.07) is 1.14. The van der Waals surface area contributed by atoms with Crippen LogP contribution < -0.4 is 5.73 Å². The van der Waals surface area contributed by atoms with Gasteiger partial charge in [-0.15, -0.1) is 0 Å². The number of amides is 1. The molecule has 0 saturated carbocycles. The molecule has 2 rings (SSSR count). The number of aliphatic hydroxyl groups is 1. The van der Waals surface area contributed by atoms with Crippen molar-refractivity contribution >= 4 is 6.09 Å². The summed E-state index contributed by atoms with van der Waals surface area (Å²) in [5.74, 6) is 0. The van der Waals surface area contributed by atoms with E-state index < -0.39 is 23.3 Å². The highest BCUT2D eigenvalue weighted by atomic mass is 16.6. The first-order valence-electron chi connectivity index (χ1n) is 6.56. The summed E-state index contributed by atoms with van der Waals surface area (Å²) in [5.41, 5.74) is 4.95. The average molecular weight is 282 g/mol. The van der Waals surface area contributed by atoms with E-state index in [1.165, 1.54) is 4.90 Å². The fraction of sp³-hybridized carbons (Fsp3) is 0.692. The quantitative estimate of drug-likeness (QED) is 0.819. The summed E-state index contributed by atoms with van der Waals surface area (Å²) in [6.45, 7) is 5.71. The van der Waals surface area contributed by atoms with Crippen LogP contribution >= 0.6 is 0 Å². The van der Waals surface area contributed by atoms with Gasteiger partial charge in [-0.2, -0.15) is 5.10 Å². The van der Waals surface area contributed by atoms with Gasteiger partial charge < -0.3 is 20.5 Å². The Morgan fingerprint density at radius 1 is 1.55 bits per heavy atom. The standard InChI is InChI=1S/C13H22N4O3/c1-12(2,3)20-11(18)17-7-13(19,8-17)10(14)9-5-6-16(4)15-9/h5-6,10,19H,7-8,14H2,1-4H3. The Labute approximate surface area is 118 Å². The van der Waals surface area contributed by atoms with Gasteiger partial charge in [-0.3, -0.25) is 4.68 Å². The van der Waals surface area contributed by atoms with Crippen LogP contribution in [0.1, 0.15) is 32.5 Å². The molecule has 1 aromatic heterocycles. The number of nitrogens with zero attached hydrogens (tertiary/aromatic N) is 3. The molecule has 112 valence electrons. The lowest BCUT2D eigenvalue weighted by molar-refractivity contribution is -0.113. The fourth-order valence-corrected chi connectivity index (χ4v) is 2.14. The second-order valence-electron chi connectivity index (χ2n) is 6.33. The van der Waals surface area contributed by atoms with Crippen LogP contribution in [0, 0.1) is 0 Å². The average Bonchev–Trinajstić information content (AvgIpc) is 2.68. The van der Waals surface area contributed by atoms with Crippen LogP contribution in [0.3, 0.4) is 0 Å². The van der Waals surface area contributed by atoms with Crippen LogP contribution in [0.5, 0.6) is 0 Å². The third-order valence-electron chi connectivity index (χ3n) is 3.21. The highest BCUT2D eigenvalue weighted by Crippen LogP contribution is 2.32. The molecular weight excluding hydrogens is 260 g/mol. The van der Waals surface area contributed by atoms with Crippen molar-refractivity contribution in [2.75, 3.05) is 13.1 Å². The smallest absolute Gasteiger partial charge is 0.410 e. The lowest BCUT2D eigenvalue weighted by Gasteiger charge is -2.48. The molecule has 1 fully saturated rings. The van der Waals surface area contributed by atoms with Gasteiger partial charge in [0.1, 0.15) is 11.2 Å². The molecule has 1 amide bonds. The topological polar surface area (TPSA) is 93.6 Å². The lowest BCUT2D eigenvalue weighted by Crippen LogP contribution is -2.68. The molecule has 2 heterocycles. The molecule has 1 aromatic rings. The third-order valence-corrected chi connectivity index (χ3v) is 3.21. The van der Waals surface area contributed by atoms with E-state index in [0.29, 0.717) is 5.69 Å². The van der Waals surface area contributed by atoms with E-state index in [1.807, 2.05) is 0 Å². The van der Waals surface area contributed by atoms with Gasteiger partial charge in [0.25, 0.3) is 0 Å². The second kappa shape index (κ2) is 4.75. The highest BCUT2D eigenvalue weighted by molar-refractivity contribution is 5.69. The number of hydrogen-bond acceptors (Lipinski definition) is 5. The zero-order valence-electron chi connectivity index (χ0n) is 12.3. The number of β-amino-alcohol motifs (C(OH)–C–C–N with tert-alkyl or cyclic N) is 1. The van der Waals surface area contributed by atoms with E-state index in [1.54, 1.807) is 44.8 Å². The molecule has 20 heavy (non-hydrogen) atoms. The summed E-state index contributed by atoms with van der Waals surface area (Å²) in [4.78, 5) is 13.3. The number of carbonyl (C=O) groups is 1. The van der Waals surface area contributed by atoms with Gasteiger partial charge in [0.15, 0.2) is 0 Å². The van der Waals surface area contributed by atoms with Crippen molar-refractivity contribution in [2.45, 2.75) is 38.0 Å². The molecule has 0 aromatic carbocycles. The Kier molecular flexibility index (Phi) is 3.51. The minimum Gasteiger partial charge on any atom is -0.444 e. The first-order valence-corrected chi connectivity index (χ1v) is 6.56. The van der Waals surface area contributed by atoms with E-state index in [2.05, 4.69) is 5.10 Å². The zero-order valence-corrected chi connectivity index (χ0v) is 12.3. The van der Waals surface area contributed by atoms with E-state index >= 15 is 0 Å². The van der Waals surface area contributed by atoms with Crippen molar-refractivity contribution in [3.63, 3.8) is 0 Å². The largest absolute Gasteiger partial charge is 0.444 e. The van der Waals surface area contributed by atoms with E-state index in [9.17, 15) is 9.90 Å². The van der Waals surface area contributed by atoms with Gasteiger partial charge in [0.05, 0.1) is 24.8 Å². The van der Waals surface area contributed by atoms with Gasteiger partial charge in [-0.1, -0.05) is 0 Å². The van der Waals surface area contributed by atoms with Gasteiger partial charge in [0.2, 0.25) is 0 Å². The summed E-state index contributed by atoms with van der Waals surface area (Å²) in [5, 5.41) is 14.6. The predicted octanol–water partition coefficient (Wildman–Crippen LogP) is 0.402. The van der Waals surface area contributed by atoms with Crippen LogP contribution in [-0.2, 0) is 11.8 Å². The second-order valence-corrected chi connectivity index (χ2v) is 6.33. The number of hydrogen-bond donors (Lipinski definition) is 2. The lowest BCUT2D eigenvalue weighted by atomic mass is 9.85. The number of carbonyl (C=O) groups excluding carboxylic acids is 1. The number of likely N-dealkylation sites (tertiary alicyclic amines) is 1. The fourth-order valence-electron chi connectivity index (χ4n) is 2.14. The molecule has 1 unspecified atom stereocenters. The Balaban J connectivity index is 1.95. The van der Waals surface area contributed by atoms with Gasteiger partial charge in [0, 0.05) is 13.2 Å². The molecule has 1 saturated heterocycles. The third kappa shape index (κ3) is 2.94. The Morgan fingerprint density at radius 3 is 2.60 bits per heavy atom. The summed E-state index contributed by atoms with van der Waals surface area (Å²) < 4.78 is 6.87. The van der Waals surface area contributed by atoms with Crippen LogP contribution in [-0.4, -0.2) is 50.2 Å². The van der Waals surface area contributed by atoms with Crippen LogP contribution in [0.4, 0.5) is 4.79 Å². The van der Waals surface area contributed by atoms with Crippen molar-refractivity contribution in [1.82, 2.24) is 14.7 Å². The van der Waals surface area contributed by atoms with Crippen molar-refractivity contribution in [3.8, 4) is 0 Å². The zero-order chi connectivity index (χ0) is 15.1. The Bertz CT molecular complexity index is 500. The van der Waals surface area contributed by atoms with E-state index in [0.717, 1.165) is 0 Å². The molecule has 1 aliphatic rings. The number of aryl methyl sites for hydroxylation is 1. The molecule has 1 atom stereocenters. The summed E-state index contributed by atoms with van der Waals surface area (Å²) in [7, 11) is 1.79. The molecule has 0 spiro atoms. The maximum Gasteiger partial charge on any atom is 0.410 e. The van der Waals surface area contributed by atoms with Crippen LogP contribution in [0.2, 0.25) is 0 Å². The maximum absolute atomic E-state index is 11.8. The van der Waals surface area contributed by atoms with E-state index in [4.69, 9.17) is 10.5 Å². The van der Waals surface area contributed by atoms with Crippen LogP contribution in [0.25, 0.3) is 0 Å². The predicted molar refractivity (Wildman–Crippen MR) is 72.9 cm³/mol. The van der Waals surface area contributed by atoms with Gasteiger partial charge in [-0.25, -0.2) is 4.79 Å². The number of rotatable bonds is 2. The molecule has 7 heteroatoms. The molecule has 3 N–H and O–H groups in total. The number of aromatic nitrogens is 2. The minimum absolute atomic E-state index is 0.152. The first kappa shape index (κ1) is 14.8. The molecular formula is C13H22N4O3. The van der Waals surface area contributed by atoms with Crippen molar-refractivity contribution in [1.29, 1.82) is 0 Å². The van der Waals surface area contributed by atoms with E-state index in [-0.39, 0.29) is 13.1 Å². The Hall–Kier alpha value is -1.60. The molecule has 0 aliphatic carbocycles. The first-order chi connectivity index (χ1) is 9.11. The van der Waals surface area contributed by atoms with Crippen molar-refractivity contribution < 1.29 is 14.6 Å². The van der Waals surface area contributed by atoms with Crippen molar-refractivity contribution in [3.05, 3.63) is 18.0 Å². The molecule has 7 nitrogen and oxygen atoms in total.